The molecule has 1 amide bonds. The SMILES string of the molecule is CC(N)C1CCN(C(=O)COc2ccc([N+](=O)[O-])c(F)c2)CC1.Cl. The fourth-order valence-electron chi connectivity index (χ4n) is 2.64. The number of likely N-dealkylation sites (tertiary alicyclic amines) is 1. The molecule has 1 heterocycles. The van der Waals surface area contributed by atoms with E-state index in [4.69, 9.17) is 10.5 Å². The van der Waals surface area contributed by atoms with Gasteiger partial charge in [0.2, 0.25) is 5.82 Å². The van der Waals surface area contributed by atoms with Crippen LogP contribution < -0.4 is 10.5 Å². The molecule has 0 saturated carbocycles. The van der Waals surface area contributed by atoms with E-state index < -0.39 is 16.4 Å². The number of nitrogens with zero attached hydrogens (tertiary/aromatic N) is 2. The number of carbonyl (C=O) groups is 1. The van der Waals surface area contributed by atoms with Crippen LogP contribution in [-0.2, 0) is 4.79 Å². The largest absolute Gasteiger partial charge is 0.484 e. The zero-order valence-electron chi connectivity index (χ0n) is 13.3. The minimum Gasteiger partial charge on any atom is -0.484 e. The molecule has 0 aliphatic carbocycles. The molecule has 1 fully saturated rings. The van der Waals surface area contributed by atoms with Crippen molar-refractivity contribution in [2.75, 3.05) is 19.7 Å². The topological polar surface area (TPSA) is 98.7 Å². The first-order chi connectivity index (χ1) is 10.9. The summed E-state index contributed by atoms with van der Waals surface area (Å²) in [6.07, 6.45) is 1.71. The van der Waals surface area contributed by atoms with Crippen molar-refractivity contribution in [1.29, 1.82) is 0 Å². The molecule has 1 aliphatic rings. The van der Waals surface area contributed by atoms with Gasteiger partial charge in [0.25, 0.3) is 5.91 Å². The smallest absolute Gasteiger partial charge is 0.305 e. The first-order valence-corrected chi connectivity index (χ1v) is 7.48. The normalized spacial score (nSPS) is 16.2. The lowest BCUT2D eigenvalue weighted by Gasteiger charge is -2.33. The lowest BCUT2D eigenvalue weighted by Crippen LogP contribution is -2.44. The minimum atomic E-state index is -0.988. The van der Waals surface area contributed by atoms with E-state index in [0.717, 1.165) is 25.0 Å². The molecule has 0 spiro atoms. The molecule has 9 heteroatoms. The third-order valence-electron chi connectivity index (χ3n) is 4.11. The maximum absolute atomic E-state index is 13.5. The zero-order valence-corrected chi connectivity index (χ0v) is 14.1. The van der Waals surface area contributed by atoms with E-state index in [1.807, 2.05) is 6.92 Å². The molecular weight excluding hydrogens is 341 g/mol. The Hall–Kier alpha value is -1.93. The summed E-state index contributed by atoms with van der Waals surface area (Å²) in [5.41, 5.74) is 5.24. The van der Waals surface area contributed by atoms with Crippen LogP contribution in [0.3, 0.4) is 0 Å². The number of nitro groups is 1. The quantitative estimate of drug-likeness (QED) is 0.639. The van der Waals surface area contributed by atoms with Gasteiger partial charge in [-0.15, -0.1) is 12.4 Å². The number of rotatable bonds is 5. The Morgan fingerprint density at radius 3 is 2.62 bits per heavy atom. The predicted octanol–water partition coefficient (Wildman–Crippen LogP) is 2.12. The van der Waals surface area contributed by atoms with Gasteiger partial charge in [-0.3, -0.25) is 14.9 Å². The monoisotopic (exact) mass is 361 g/mol. The highest BCUT2D eigenvalue weighted by Gasteiger charge is 2.25. The van der Waals surface area contributed by atoms with Crippen molar-refractivity contribution in [3.63, 3.8) is 0 Å². The van der Waals surface area contributed by atoms with Gasteiger partial charge >= 0.3 is 5.69 Å². The molecule has 7 nitrogen and oxygen atoms in total. The summed E-state index contributed by atoms with van der Waals surface area (Å²) < 4.78 is 18.7. The number of ether oxygens (including phenoxy) is 1. The Bertz CT molecular complexity index is 592. The van der Waals surface area contributed by atoms with E-state index in [1.54, 1.807) is 4.90 Å². The van der Waals surface area contributed by atoms with Crippen molar-refractivity contribution in [3.05, 3.63) is 34.1 Å². The van der Waals surface area contributed by atoms with Crippen molar-refractivity contribution in [1.82, 2.24) is 4.90 Å². The summed E-state index contributed by atoms with van der Waals surface area (Å²) in [4.78, 5) is 23.5. The second kappa shape index (κ2) is 8.79. The second-order valence-corrected chi connectivity index (χ2v) is 5.74. The minimum absolute atomic E-state index is 0. The fraction of sp³-hybridized carbons (Fsp3) is 0.533. The van der Waals surface area contributed by atoms with Gasteiger partial charge in [0.15, 0.2) is 6.61 Å². The van der Waals surface area contributed by atoms with Gasteiger partial charge in [-0.2, -0.15) is 4.39 Å². The number of hydrogen-bond donors (Lipinski definition) is 1. The number of piperidine rings is 1. The highest BCUT2D eigenvalue weighted by Crippen LogP contribution is 2.23. The third-order valence-corrected chi connectivity index (χ3v) is 4.11. The molecule has 2 N–H and O–H groups in total. The zero-order chi connectivity index (χ0) is 17.0. The Morgan fingerprint density at radius 1 is 1.50 bits per heavy atom. The molecule has 2 rings (SSSR count). The maximum atomic E-state index is 13.5. The number of halogens is 2. The highest BCUT2D eigenvalue weighted by atomic mass is 35.5. The second-order valence-electron chi connectivity index (χ2n) is 5.74. The van der Waals surface area contributed by atoms with Crippen LogP contribution in [0, 0.1) is 21.8 Å². The average Bonchev–Trinajstić information content (AvgIpc) is 2.52. The van der Waals surface area contributed by atoms with Crippen molar-refractivity contribution >= 4 is 24.0 Å². The Morgan fingerprint density at radius 2 is 2.12 bits per heavy atom. The molecule has 1 atom stereocenters. The van der Waals surface area contributed by atoms with Crippen molar-refractivity contribution < 1.29 is 18.8 Å². The molecule has 0 aromatic heterocycles. The van der Waals surface area contributed by atoms with Gasteiger partial charge in [-0.1, -0.05) is 0 Å². The lowest BCUT2D eigenvalue weighted by atomic mass is 9.91. The summed E-state index contributed by atoms with van der Waals surface area (Å²) >= 11 is 0. The number of benzene rings is 1. The van der Waals surface area contributed by atoms with Crippen LogP contribution in [0.5, 0.6) is 5.75 Å². The summed E-state index contributed by atoms with van der Waals surface area (Å²) in [6.45, 7) is 3.00. The molecular formula is C15H21ClFN3O4. The predicted molar refractivity (Wildman–Crippen MR) is 88.8 cm³/mol. The van der Waals surface area contributed by atoms with Gasteiger partial charge in [0, 0.05) is 31.3 Å². The molecule has 1 saturated heterocycles. The Balaban J connectivity index is 0.00000288. The number of amides is 1. The Kier molecular flexibility index (Phi) is 7.37. The molecule has 24 heavy (non-hydrogen) atoms. The molecule has 0 radical (unpaired) electrons. The van der Waals surface area contributed by atoms with Gasteiger partial charge in [-0.25, -0.2) is 0 Å². The van der Waals surface area contributed by atoms with Crippen LogP contribution in [0.2, 0.25) is 0 Å². The molecule has 1 aliphatic heterocycles. The van der Waals surface area contributed by atoms with Crippen LogP contribution in [0.15, 0.2) is 18.2 Å². The van der Waals surface area contributed by atoms with E-state index in [-0.39, 0.29) is 36.7 Å². The maximum Gasteiger partial charge on any atom is 0.305 e. The van der Waals surface area contributed by atoms with Crippen molar-refractivity contribution in [2.24, 2.45) is 11.7 Å². The standard InChI is InChI=1S/C15H20FN3O4.ClH/c1-10(17)11-4-6-18(7-5-11)15(20)9-23-12-2-3-14(19(21)22)13(16)8-12;/h2-3,8,10-11H,4-7,9,17H2,1H3;1H. The summed E-state index contributed by atoms with van der Waals surface area (Å²) in [5, 5.41) is 10.5. The molecule has 1 aromatic rings. The molecule has 1 unspecified atom stereocenters. The Labute approximate surface area is 145 Å². The van der Waals surface area contributed by atoms with Gasteiger partial charge in [0.1, 0.15) is 5.75 Å². The molecule has 134 valence electrons. The van der Waals surface area contributed by atoms with Crippen LogP contribution in [0.25, 0.3) is 0 Å². The third kappa shape index (κ3) is 5.04. The number of hydrogen-bond acceptors (Lipinski definition) is 5. The van der Waals surface area contributed by atoms with Crippen molar-refractivity contribution in [3.8, 4) is 5.75 Å². The van der Waals surface area contributed by atoms with Crippen LogP contribution >= 0.6 is 12.4 Å². The van der Waals surface area contributed by atoms with Gasteiger partial charge in [-0.05, 0) is 31.7 Å². The average molecular weight is 362 g/mol. The first kappa shape index (κ1) is 20.1. The fourth-order valence-corrected chi connectivity index (χ4v) is 2.64. The van der Waals surface area contributed by atoms with Gasteiger partial charge in [0.05, 0.1) is 4.92 Å². The summed E-state index contributed by atoms with van der Waals surface area (Å²) in [6, 6.07) is 3.32. The highest BCUT2D eigenvalue weighted by molar-refractivity contribution is 5.85. The van der Waals surface area contributed by atoms with E-state index in [2.05, 4.69) is 0 Å². The van der Waals surface area contributed by atoms with E-state index in [0.29, 0.717) is 19.0 Å². The number of carbonyl (C=O) groups excluding carboxylic acids is 1. The first-order valence-electron chi connectivity index (χ1n) is 7.48. The lowest BCUT2D eigenvalue weighted by molar-refractivity contribution is -0.387. The van der Waals surface area contributed by atoms with E-state index in [1.165, 1.54) is 6.07 Å². The van der Waals surface area contributed by atoms with Crippen LogP contribution in [0.4, 0.5) is 10.1 Å². The van der Waals surface area contributed by atoms with Crippen LogP contribution in [-0.4, -0.2) is 41.5 Å². The van der Waals surface area contributed by atoms with Gasteiger partial charge < -0.3 is 15.4 Å². The summed E-state index contributed by atoms with van der Waals surface area (Å²) in [7, 11) is 0. The van der Waals surface area contributed by atoms with Crippen molar-refractivity contribution in [2.45, 2.75) is 25.8 Å². The van der Waals surface area contributed by atoms with E-state index >= 15 is 0 Å². The molecule has 0 bridgehead atoms. The summed E-state index contributed by atoms with van der Waals surface area (Å²) in [5.74, 6) is -0.666. The van der Waals surface area contributed by atoms with Crippen LogP contribution in [0.1, 0.15) is 19.8 Å². The molecule has 1 aromatic carbocycles. The number of nitrogens with two attached hydrogens (primary N) is 1. The number of nitro benzene ring substituents is 1. The van der Waals surface area contributed by atoms with E-state index in [9.17, 15) is 19.3 Å².